The van der Waals surface area contributed by atoms with E-state index >= 15 is 0 Å². The summed E-state index contributed by atoms with van der Waals surface area (Å²) in [4.78, 5) is 0. The second kappa shape index (κ2) is 34.0. The summed E-state index contributed by atoms with van der Waals surface area (Å²) in [6.07, 6.45) is 26.6. The van der Waals surface area contributed by atoms with Gasteiger partial charge in [-0.2, -0.15) is 0 Å². The molecule has 0 fully saturated rings. The summed E-state index contributed by atoms with van der Waals surface area (Å²) in [7, 11) is -7.30. The monoisotopic (exact) mass is 679 g/mol. The van der Waals surface area contributed by atoms with Crippen molar-refractivity contribution in [3.8, 4) is 0 Å². The van der Waals surface area contributed by atoms with Gasteiger partial charge in [-0.1, -0.05) is 157 Å². The van der Waals surface area contributed by atoms with E-state index in [0.29, 0.717) is 39.6 Å². The Morgan fingerprint density at radius 1 is 0.244 bits per heavy atom. The van der Waals surface area contributed by atoms with E-state index in [4.69, 9.17) is 30.7 Å². The van der Waals surface area contributed by atoms with Gasteiger partial charge in [0.15, 0.2) is 0 Å². The van der Waals surface area contributed by atoms with Crippen molar-refractivity contribution < 1.29 is 30.7 Å². The molecule has 0 aliphatic carbocycles. The first-order chi connectivity index (χ1) is 22.1. The molecule has 0 unspecified atom stereocenters. The second-order valence-electron chi connectivity index (χ2n) is 12.6. The fourth-order valence-corrected chi connectivity index (χ4v) is 10.4. The third-order valence-corrected chi connectivity index (χ3v) is 13.3. The number of rotatable bonds is 38. The van der Waals surface area contributed by atoms with Crippen LogP contribution in [0.4, 0.5) is 0 Å². The molecule has 0 aliphatic heterocycles. The summed E-state index contributed by atoms with van der Waals surface area (Å²) in [5.74, 6) is 0. The third-order valence-electron chi connectivity index (χ3n) is 7.91. The zero-order chi connectivity index (χ0) is 33.2. The Bertz CT molecular complexity index is 466. The van der Waals surface area contributed by atoms with Crippen molar-refractivity contribution in [2.45, 2.75) is 196 Å². The minimum Gasteiger partial charge on any atom is -0.352 e. The SMILES string of the molecule is CCCCCCO[Si](OCCCCCC)(OCCCCCC)O[Si](OCCCCCC)(OCCCCCC)OCCCCCC. The fraction of sp³-hybridized carbons (Fsp3) is 1.00. The first-order valence-corrected chi connectivity index (χ1v) is 22.9. The molecule has 0 radical (unpaired) electrons. The molecule has 9 heteroatoms. The van der Waals surface area contributed by atoms with Crippen LogP contribution in [0.1, 0.15) is 196 Å². The molecule has 0 bridgehead atoms. The van der Waals surface area contributed by atoms with Gasteiger partial charge in [0.2, 0.25) is 0 Å². The van der Waals surface area contributed by atoms with Gasteiger partial charge >= 0.3 is 18.1 Å². The molecule has 0 rings (SSSR count). The van der Waals surface area contributed by atoms with E-state index in [-0.39, 0.29) is 0 Å². The molecule has 0 aromatic carbocycles. The molecule has 0 heterocycles. The predicted molar refractivity (Wildman–Crippen MR) is 193 cm³/mol. The minimum atomic E-state index is -3.65. The van der Waals surface area contributed by atoms with E-state index in [1.807, 2.05) is 0 Å². The van der Waals surface area contributed by atoms with Crippen LogP contribution in [0.2, 0.25) is 0 Å². The van der Waals surface area contributed by atoms with Crippen molar-refractivity contribution in [1.29, 1.82) is 0 Å². The van der Waals surface area contributed by atoms with Crippen molar-refractivity contribution in [2.75, 3.05) is 39.6 Å². The molecular formula is C36H78O7Si2. The molecule has 45 heavy (non-hydrogen) atoms. The lowest BCUT2D eigenvalue weighted by molar-refractivity contribution is -0.0700. The van der Waals surface area contributed by atoms with Gasteiger partial charge in [0.25, 0.3) is 0 Å². The Balaban J connectivity index is 6.24. The van der Waals surface area contributed by atoms with Crippen LogP contribution in [-0.4, -0.2) is 57.7 Å². The number of hydrogen-bond acceptors (Lipinski definition) is 7. The van der Waals surface area contributed by atoms with E-state index < -0.39 is 18.1 Å². The molecule has 0 amide bonds. The van der Waals surface area contributed by atoms with Crippen molar-refractivity contribution in [1.82, 2.24) is 0 Å². The molecule has 0 aliphatic rings. The fourth-order valence-electron chi connectivity index (χ4n) is 4.94. The normalized spacial score (nSPS) is 12.4. The maximum atomic E-state index is 7.01. The zero-order valence-electron chi connectivity index (χ0n) is 31.1. The topological polar surface area (TPSA) is 64.6 Å². The van der Waals surface area contributed by atoms with Crippen LogP contribution in [0.15, 0.2) is 0 Å². The quantitative estimate of drug-likeness (QED) is 0.0475. The summed E-state index contributed by atoms with van der Waals surface area (Å²) in [5.41, 5.74) is 0. The molecule has 0 N–H and O–H groups in total. The summed E-state index contributed by atoms with van der Waals surface area (Å²) in [6, 6.07) is 0. The van der Waals surface area contributed by atoms with Gasteiger partial charge in [-0.25, -0.2) is 0 Å². The summed E-state index contributed by atoms with van der Waals surface area (Å²) >= 11 is 0. The molecule has 0 atom stereocenters. The Kier molecular flexibility index (Phi) is 34.1. The molecule has 272 valence electrons. The first-order valence-electron chi connectivity index (χ1n) is 19.6. The highest BCUT2D eigenvalue weighted by molar-refractivity contribution is 6.68. The lowest BCUT2D eigenvalue weighted by atomic mass is 10.2. The van der Waals surface area contributed by atoms with Gasteiger partial charge < -0.3 is 30.7 Å². The van der Waals surface area contributed by atoms with Crippen LogP contribution in [0.3, 0.4) is 0 Å². The van der Waals surface area contributed by atoms with Gasteiger partial charge in [0.1, 0.15) is 0 Å². The predicted octanol–water partition coefficient (Wildman–Crippen LogP) is 11.5. The molecule has 0 aromatic heterocycles. The zero-order valence-corrected chi connectivity index (χ0v) is 33.1. The number of unbranched alkanes of at least 4 members (excludes halogenated alkanes) is 18. The van der Waals surface area contributed by atoms with Crippen molar-refractivity contribution in [3.05, 3.63) is 0 Å². The van der Waals surface area contributed by atoms with Gasteiger partial charge in [0, 0.05) is 39.6 Å². The highest BCUT2D eigenvalue weighted by atomic mass is 28.5. The maximum absolute atomic E-state index is 7.01. The number of hydrogen-bond donors (Lipinski definition) is 0. The van der Waals surface area contributed by atoms with Crippen LogP contribution in [0.5, 0.6) is 0 Å². The standard InChI is InChI=1S/C36H78O7Si2/c1-7-13-19-25-31-37-44(38-32-26-20-14-8-2,39-33-27-21-15-9-3)43-45(40-34-28-22-16-10-4,41-35-29-23-17-11-5)42-36-30-24-18-12-6/h7-36H2,1-6H3. The molecule has 7 nitrogen and oxygen atoms in total. The van der Waals surface area contributed by atoms with Crippen molar-refractivity contribution >= 4 is 18.1 Å². The third kappa shape index (κ3) is 26.8. The summed E-state index contributed by atoms with van der Waals surface area (Å²) < 4.78 is 46.9. The average Bonchev–Trinajstić information content (AvgIpc) is 3.04. The first kappa shape index (κ1) is 45.2. The van der Waals surface area contributed by atoms with Crippen LogP contribution in [-0.2, 0) is 30.7 Å². The Hall–Kier alpha value is 0.154. The van der Waals surface area contributed by atoms with E-state index in [2.05, 4.69) is 41.5 Å². The molecule has 0 saturated heterocycles. The Morgan fingerprint density at radius 3 is 0.578 bits per heavy atom. The minimum absolute atomic E-state index is 0.546. The average molecular weight is 679 g/mol. The molecule has 0 saturated carbocycles. The highest BCUT2D eigenvalue weighted by Gasteiger charge is 2.59. The van der Waals surface area contributed by atoms with Gasteiger partial charge in [-0.15, -0.1) is 0 Å². The van der Waals surface area contributed by atoms with Crippen LogP contribution in [0.25, 0.3) is 0 Å². The highest BCUT2D eigenvalue weighted by Crippen LogP contribution is 2.26. The lowest BCUT2D eigenvalue weighted by Gasteiger charge is -2.36. The van der Waals surface area contributed by atoms with E-state index in [1.54, 1.807) is 0 Å². The van der Waals surface area contributed by atoms with Gasteiger partial charge in [-0.05, 0) is 38.5 Å². The van der Waals surface area contributed by atoms with E-state index in [0.717, 1.165) is 77.0 Å². The second-order valence-corrected chi connectivity index (χ2v) is 17.1. The van der Waals surface area contributed by atoms with Crippen LogP contribution < -0.4 is 0 Å². The molecule has 0 aromatic rings. The van der Waals surface area contributed by atoms with Gasteiger partial charge in [-0.3, -0.25) is 0 Å². The lowest BCUT2D eigenvalue weighted by Crippen LogP contribution is -2.62. The van der Waals surface area contributed by atoms with Gasteiger partial charge in [0.05, 0.1) is 0 Å². The largest absolute Gasteiger partial charge is 0.673 e. The van der Waals surface area contributed by atoms with Crippen molar-refractivity contribution in [2.24, 2.45) is 0 Å². The van der Waals surface area contributed by atoms with Crippen LogP contribution in [0, 0.1) is 0 Å². The summed E-state index contributed by atoms with van der Waals surface area (Å²) in [6.45, 7) is 16.7. The Morgan fingerprint density at radius 2 is 0.422 bits per heavy atom. The summed E-state index contributed by atoms with van der Waals surface area (Å²) in [5, 5.41) is 0. The molecular weight excluding hydrogens is 601 g/mol. The smallest absolute Gasteiger partial charge is 0.352 e. The molecule has 0 spiro atoms. The van der Waals surface area contributed by atoms with E-state index in [9.17, 15) is 0 Å². The van der Waals surface area contributed by atoms with E-state index in [1.165, 1.54) is 77.0 Å². The van der Waals surface area contributed by atoms with Crippen LogP contribution >= 0.6 is 0 Å². The maximum Gasteiger partial charge on any atom is 0.673 e. The van der Waals surface area contributed by atoms with Crippen molar-refractivity contribution in [3.63, 3.8) is 0 Å². The Labute approximate surface area is 283 Å².